The van der Waals surface area contributed by atoms with Crippen LogP contribution in [0.2, 0.25) is 10.0 Å². The summed E-state index contributed by atoms with van der Waals surface area (Å²) in [4.78, 5) is 29.3. The van der Waals surface area contributed by atoms with Gasteiger partial charge in [0, 0.05) is 21.2 Å². The van der Waals surface area contributed by atoms with E-state index in [4.69, 9.17) is 37.1 Å². The van der Waals surface area contributed by atoms with Gasteiger partial charge >= 0.3 is 0 Å². The summed E-state index contributed by atoms with van der Waals surface area (Å²) in [5, 5.41) is 21.8. The van der Waals surface area contributed by atoms with Crippen molar-refractivity contribution in [3.63, 3.8) is 0 Å². The van der Waals surface area contributed by atoms with Crippen LogP contribution in [0.4, 0.5) is 5.13 Å². The number of furan rings is 1. The Balaban J connectivity index is 1.27. The lowest BCUT2D eigenvalue weighted by molar-refractivity contribution is -0.117. The number of carbonyl (C=O) groups is 2. The van der Waals surface area contributed by atoms with Crippen molar-refractivity contribution in [3.05, 3.63) is 135 Å². The molecule has 9 nitrogen and oxygen atoms in total. The fourth-order valence-electron chi connectivity index (χ4n) is 5.30. The number of aliphatic hydroxyl groups is 1. The monoisotopic (exact) mass is 715 g/mol. The third kappa shape index (κ3) is 6.13. The Bertz CT molecular complexity index is 2220. The van der Waals surface area contributed by atoms with Gasteiger partial charge in [-0.05, 0) is 59.7 Å². The van der Waals surface area contributed by atoms with Gasteiger partial charge in [0.1, 0.15) is 11.5 Å². The number of methoxy groups -OCH3 is 1. The molecular weight excluding hydrogens is 693 g/mol. The Hall–Kier alpha value is -4.81. The summed E-state index contributed by atoms with van der Waals surface area (Å²) >= 11 is 14.9. The molecule has 48 heavy (non-hydrogen) atoms. The van der Waals surface area contributed by atoms with E-state index in [2.05, 4.69) is 10.2 Å². The summed E-state index contributed by atoms with van der Waals surface area (Å²) in [6, 6.07) is 27.1. The summed E-state index contributed by atoms with van der Waals surface area (Å²) in [6.45, 7) is 0. The van der Waals surface area contributed by atoms with Gasteiger partial charge in [-0.25, -0.2) is 0 Å². The molecule has 6 aromatic rings. The highest BCUT2D eigenvalue weighted by atomic mass is 35.5. The van der Waals surface area contributed by atoms with E-state index in [1.165, 1.54) is 23.8 Å². The molecule has 1 N–H and O–H groups in total. The fraction of sp³-hybridized carbons (Fsp3) is 0.0857. The predicted octanol–water partition coefficient (Wildman–Crippen LogP) is 9.47. The van der Waals surface area contributed by atoms with Crippen LogP contribution in [0.1, 0.15) is 27.7 Å². The summed E-state index contributed by atoms with van der Waals surface area (Å²) < 4.78 is 18.0. The number of nitrogens with zero attached hydrogens (tertiary/aromatic N) is 3. The Morgan fingerprint density at radius 2 is 1.77 bits per heavy atom. The smallest absolute Gasteiger partial charge is 0.296 e. The van der Waals surface area contributed by atoms with E-state index in [0.717, 1.165) is 16.9 Å². The SMILES string of the molecule is COc1cccc2cc(C(=O)C3=C(O)C(=O)N(c4nnc(SCc5ccc(Cl)cc5Cl)s4)C3c3cccc(Oc4ccccc4)c3)oc12. The molecule has 2 aromatic heterocycles. The highest BCUT2D eigenvalue weighted by Gasteiger charge is 2.47. The molecule has 13 heteroatoms. The average Bonchev–Trinajstić information content (AvgIpc) is 3.81. The molecule has 0 saturated carbocycles. The first-order valence-electron chi connectivity index (χ1n) is 14.4. The predicted molar refractivity (Wildman–Crippen MR) is 186 cm³/mol. The molecule has 7 rings (SSSR count). The fourth-order valence-corrected chi connectivity index (χ4v) is 7.73. The lowest BCUT2D eigenvalue weighted by Crippen LogP contribution is -2.31. The van der Waals surface area contributed by atoms with Crippen LogP contribution in [0.15, 0.2) is 117 Å². The zero-order chi connectivity index (χ0) is 33.4. The Labute approximate surface area is 292 Å². The maximum absolute atomic E-state index is 14.2. The van der Waals surface area contributed by atoms with Gasteiger partial charge in [0.05, 0.1) is 18.7 Å². The highest BCUT2D eigenvalue weighted by molar-refractivity contribution is 8.00. The summed E-state index contributed by atoms with van der Waals surface area (Å²) in [5.74, 6) is -0.279. The molecule has 0 aliphatic carbocycles. The number of thioether (sulfide) groups is 1. The van der Waals surface area contributed by atoms with Gasteiger partial charge in [-0.1, -0.05) is 94.8 Å². The van der Waals surface area contributed by atoms with E-state index in [0.29, 0.717) is 53.9 Å². The van der Waals surface area contributed by atoms with Crippen molar-refractivity contribution >= 4 is 74.1 Å². The molecule has 3 heterocycles. The molecule has 1 atom stereocenters. The zero-order valence-electron chi connectivity index (χ0n) is 24.9. The van der Waals surface area contributed by atoms with Crippen LogP contribution in [0, 0.1) is 0 Å². The normalized spacial score (nSPS) is 14.6. The molecule has 0 fully saturated rings. The number of anilines is 1. The number of ether oxygens (including phenoxy) is 2. The first kappa shape index (κ1) is 31.8. The van der Waals surface area contributed by atoms with Gasteiger partial charge < -0.3 is 19.0 Å². The Morgan fingerprint density at radius 3 is 2.56 bits per heavy atom. The first-order valence-corrected chi connectivity index (χ1v) is 17.0. The number of carbonyl (C=O) groups excluding carboxylic acids is 2. The number of fused-ring (bicyclic) bond motifs is 1. The van der Waals surface area contributed by atoms with Crippen LogP contribution in [-0.2, 0) is 10.5 Å². The quantitative estimate of drug-likeness (QED) is 0.0841. The van der Waals surface area contributed by atoms with Crippen LogP contribution >= 0.6 is 46.3 Å². The number of hydrogen-bond donors (Lipinski definition) is 1. The number of hydrogen-bond acceptors (Lipinski definition) is 10. The van der Waals surface area contributed by atoms with Crippen LogP contribution in [-0.4, -0.2) is 34.1 Å². The second-order valence-electron chi connectivity index (χ2n) is 10.5. The molecule has 0 radical (unpaired) electrons. The van der Waals surface area contributed by atoms with E-state index in [9.17, 15) is 14.7 Å². The number of benzene rings is 4. The van der Waals surface area contributed by atoms with E-state index >= 15 is 0 Å². The summed E-state index contributed by atoms with van der Waals surface area (Å²) in [7, 11) is 1.50. The molecule has 1 aliphatic rings. The Kier molecular flexibility index (Phi) is 8.84. The van der Waals surface area contributed by atoms with Crippen molar-refractivity contribution in [2.45, 2.75) is 16.1 Å². The topological polar surface area (TPSA) is 115 Å². The second kappa shape index (κ2) is 13.4. The number of ketones is 1. The van der Waals surface area contributed by atoms with Crippen LogP contribution < -0.4 is 14.4 Å². The molecule has 1 aliphatic heterocycles. The molecule has 240 valence electrons. The molecule has 4 aromatic carbocycles. The number of aromatic nitrogens is 2. The van der Waals surface area contributed by atoms with Crippen molar-refractivity contribution in [2.75, 3.05) is 12.0 Å². The third-order valence-electron chi connectivity index (χ3n) is 7.53. The molecule has 0 bridgehead atoms. The minimum absolute atomic E-state index is 0.0688. The number of Topliss-reactive ketones (excluding diaryl/α,β-unsaturated/α-hetero) is 1. The highest BCUT2D eigenvalue weighted by Crippen LogP contribution is 2.45. The van der Waals surface area contributed by atoms with Crippen LogP contribution in [0.3, 0.4) is 0 Å². The average molecular weight is 717 g/mol. The van der Waals surface area contributed by atoms with Crippen LogP contribution in [0.25, 0.3) is 11.0 Å². The Morgan fingerprint density at radius 1 is 0.979 bits per heavy atom. The molecular formula is C35H23Cl2N3O6S2. The first-order chi connectivity index (χ1) is 23.3. The van der Waals surface area contributed by atoms with Gasteiger partial charge in [-0.2, -0.15) is 0 Å². The number of amides is 1. The number of para-hydroxylation sites is 2. The largest absolute Gasteiger partial charge is 0.503 e. The minimum Gasteiger partial charge on any atom is -0.503 e. The van der Waals surface area contributed by atoms with Gasteiger partial charge in [0.25, 0.3) is 5.91 Å². The maximum Gasteiger partial charge on any atom is 0.296 e. The molecule has 0 spiro atoms. The van der Waals surface area contributed by atoms with Gasteiger partial charge in [0.15, 0.2) is 27.2 Å². The van der Waals surface area contributed by atoms with Crippen molar-refractivity contribution < 1.29 is 28.6 Å². The number of rotatable bonds is 10. The lowest BCUT2D eigenvalue weighted by Gasteiger charge is -2.24. The standard InChI is InChI=1S/C35H23Cl2N3O6S2/c1-44-26-12-6-8-20-16-27(46-32(20)26)30(41)28-29(19-7-5-11-24(15-19)45-23-9-3-2-4-10-23)40(33(43)31(28)42)34-38-39-35(48-34)47-18-21-13-14-22(36)17-25(21)37/h2-17,29,42H,18H2,1H3. The number of halogens is 2. The second-order valence-corrected chi connectivity index (χ2v) is 13.5. The van der Waals surface area contributed by atoms with E-state index in [-0.39, 0.29) is 16.5 Å². The van der Waals surface area contributed by atoms with Crippen molar-refractivity contribution in [2.24, 2.45) is 0 Å². The zero-order valence-corrected chi connectivity index (χ0v) is 28.1. The van der Waals surface area contributed by atoms with Crippen molar-refractivity contribution in [3.8, 4) is 17.2 Å². The van der Waals surface area contributed by atoms with Crippen molar-refractivity contribution in [1.29, 1.82) is 0 Å². The summed E-state index contributed by atoms with van der Waals surface area (Å²) in [6.07, 6.45) is 0. The maximum atomic E-state index is 14.2. The van der Waals surface area contributed by atoms with E-state index in [1.807, 2.05) is 36.4 Å². The summed E-state index contributed by atoms with van der Waals surface area (Å²) in [5.41, 5.74) is 1.54. The minimum atomic E-state index is -1.09. The van der Waals surface area contributed by atoms with E-state index < -0.39 is 23.5 Å². The van der Waals surface area contributed by atoms with Crippen LogP contribution in [0.5, 0.6) is 17.2 Å². The van der Waals surface area contributed by atoms with Gasteiger partial charge in [0.2, 0.25) is 10.9 Å². The lowest BCUT2D eigenvalue weighted by atomic mass is 9.95. The molecule has 0 saturated heterocycles. The molecule has 1 amide bonds. The molecule has 1 unspecified atom stereocenters. The van der Waals surface area contributed by atoms with Crippen molar-refractivity contribution in [1.82, 2.24) is 10.2 Å². The third-order valence-corrected chi connectivity index (χ3v) is 10.2. The van der Waals surface area contributed by atoms with Gasteiger partial charge in [-0.15, -0.1) is 10.2 Å². The van der Waals surface area contributed by atoms with Gasteiger partial charge in [-0.3, -0.25) is 14.5 Å². The number of aliphatic hydroxyl groups excluding tert-OH is 1. The van der Waals surface area contributed by atoms with E-state index in [1.54, 1.807) is 60.7 Å².